The van der Waals surface area contributed by atoms with Gasteiger partial charge in [0.1, 0.15) is 5.82 Å². The first kappa shape index (κ1) is 15.1. The number of carbonyl (C=O) groups is 2. The van der Waals surface area contributed by atoms with Crippen LogP contribution in [0.15, 0.2) is 24.3 Å². The third-order valence-electron chi connectivity index (χ3n) is 2.94. The molecule has 104 valence electrons. The number of aliphatic carboxylic acids is 1. The lowest BCUT2D eigenvalue weighted by molar-refractivity contribution is -0.141. The standard InChI is InChI=1S/C14H18FNO3/c1-9(11-4-3-5-12(15)7-11)6-13(17)16-8-10(2)14(18)19/h3-5,7,9-10H,6,8H2,1-2H3,(H,16,17)(H,18,19)/t9-,10+/m0/s1. The summed E-state index contributed by atoms with van der Waals surface area (Å²) in [4.78, 5) is 22.2. The molecule has 0 saturated heterocycles. The number of hydrogen-bond acceptors (Lipinski definition) is 2. The number of carboxylic acids is 1. The molecule has 19 heavy (non-hydrogen) atoms. The number of carbonyl (C=O) groups excluding carboxylic acids is 1. The van der Waals surface area contributed by atoms with Crippen LogP contribution in [0.5, 0.6) is 0 Å². The average Bonchev–Trinajstić information content (AvgIpc) is 2.35. The molecule has 2 atom stereocenters. The maximum Gasteiger partial charge on any atom is 0.308 e. The number of carboxylic acid groups (broad SMARTS) is 1. The molecule has 0 radical (unpaired) electrons. The Kier molecular flexibility index (Phi) is 5.48. The monoisotopic (exact) mass is 267 g/mol. The van der Waals surface area contributed by atoms with Gasteiger partial charge in [-0.2, -0.15) is 0 Å². The minimum Gasteiger partial charge on any atom is -0.481 e. The Labute approximate surface area is 111 Å². The SMILES string of the molecule is C[C@H](CNC(=O)C[C@H](C)c1cccc(F)c1)C(=O)O. The van der Waals surface area contributed by atoms with E-state index in [2.05, 4.69) is 5.32 Å². The van der Waals surface area contributed by atoms with Gasteiger partial charge in [-0.1, -0.05) is 26.0 Å². The third-order valence-corrected chi connectivity index (χ3v) is 2.94. The maximum atomic E-state index is 13.0. The number of hydrogen-bond donors (Lipinski definition) is 2. The molecule has 0 heterocycles. The van der Waals surface area contributed by atoms with E-state index in [-0.39, 0.29) is 30.6 Å². The van der Waals surface area contributed by atoms with E-state index in [4.69, 9.17) is 5.11 Å². The molecule has 4 nitrogen and oxygen atoms in total. The van der Waals surface area contributed by atoms with Gasteiger partial charge in [-0.25, -0.2) is 4.39 Å². The van der Waals surface area contributed by atoms with Crippen molar-refractivity contribution in [3.63, 3.8) is 0 Å². The van der Waals surface area contributed by atoms with Crippen LogP contribution in [0, 0.1) is 11.7 Å². The summed E-state index contributed by atoms with van der Waals surface area (Å²) in [6.07, 6.45) is 0.204. The molecular formula is C14H18FNO3. The fourth-order valence-corrected chi connectivity index (χ4v) is 1.64. The Morgan fingerprint density at radius 1 is 1.37 bits per heavy atom. The fraction of sp³-hybridized carbons (Fsp3) is 0.429. The quantitative estimate of drug-likeness (QED) is 0.830. The van der Waals surface area contributed by atoms with E-state index in [1.807, 2.05) is 6.92 Å². The Morgan fingerprint density at radius 3 is 2.63 bits per heavy atom. The van der Waals surface area contributed by atoms with Crippen molar-refractivity contribution >= 4 is 11.9 Å². The molecule has 1 amide bonds. The highest BCUT2D eigenvalue weighted by Crippen LogP contribution is 2.19. The maximum absolute atomic E-state index is 13.0. The van der Waals surface area contributed by atoms with Crippen molar-refractivity contribution < 1.29 is 19.1 Å². The van der Waals surface area contributed by atoms with Gasteiger partial charge in [0.25, 0.3) is 0 Å². The predicted molar refractivity (Wildman–Crippen MR) is 69.2 cm³/mol. The van der Waals surface area contributed by atoms with Gasteiger partial charge in [0.05, 0.1) is 5.92 Å². The number of halogens is 1. The lowest BCUT2D eigenvalue weighted by atomic mass is 9.97. The molecule has 0 aliphatic carbocycles. The van der Waals surface area contributed by atoms with Gasteiger partial charge >= 0.3 is 5.97 Å². The van der Waals surface area contributed by atoms with Crippen molar-refractivity contribution in [3.8, 4) is 0 Å². The topological polar surface area (TPSA) is 66.4 Å². The Balaban J connectivity index is 2.46. The van der Waals surface area contributed by atoms with Crippen LogP contribution in [0.3, 0.4) is 0 Å². The van der Waals surface area contributed by atoms with Gasteiger partial charge in [-0.15, -0.1) is 0 Å². The molecule has 1 aromatic carbocycles. The predicted octanol–water partition coefficient (Wildman–Crippen LogP) is 2.16. The van der Waals surface area contributed by atoms with Crippen LogP contribution in [0.25, 0.3) is 0 Å². The highest BCUT2D eigenvalue weighted by Gasteiger charge is 2.15. The zero-order valence-corrected chi connectivity index (χ0v) is 11.0. The molecule has 0 aliphatic rings. The van der Waals surface area contributed by atoms with Crippen LogP contribution in [0.1, 0.15) is 31.7 Å². The Morgan fingerprint density at radius 2 is 2.05 bits per heavy atom. The Bertz CT molecular complexity index is 462. The molecule has 0 bridgehead atoms. The number of nitrogens with one attached hydrogen (secondary N) is 1. The van der Waals surface area contributed by atoms with E-state index in [0.717, 1.165) is 5.56 Å². The summed E-state index contributed by atoms with van der Waals surface area (Å²) in [5, 5.41) is 11.3. The summed E-state index contributed by atoms with van der Waals surface area (Å²) in [5.41, 5.74) is 0.751. The van der Waals surface area contributed by atoms with Gasteiger partial charge in [0.15, 0.2) is 0 Å². The highest BCUT2D eigenvalue weighted by atomic mass is 19.1. The molecule has 0 aromatic heterocycles. The molecule has 0 saturated carbocycles. The summed E-state index contributed by atoms with van der Waals surface area (Å²) >= 11 is 0. The molecule has 1 aromatic rings. The second-order valence-electron chi connectivity index (χ2n) is 4.70. The first-order valence-electron chi connectivity index (χ1n) is 6.15. The van der Waals surface area contributed by atoms with Crippen molar-refractivity contribution in [3.05, 3.63) is 35.6 Å². The molecule has 2 N–H and O–H groups in total. The van der Waals surface area contributed by atoms with E-state index in [1.165, 1.54) is 19.1 Å². The first-order chi connectivity index (χ1) is 8.90. The second-order valence-corrected chi connectivity index (χ2v) is 4.70. The second kappa shape index (κ2) is 6.87. The lowest BCUT2D eigenvalue weighted by Crippen LogP contribution is -2.32. The van der Waals surface area contributed by atoms with E-state index in [0.29, 0.717) is 0 Å². The highest BCUT2D eigenvalue weighted by molar-refractivity contribution is 5.78. The van der Waals surface area contributed by atoms with E-state index < -0.39 is 11.9 Å². The van der Waals surface area contributed by atoms with Crippen molar-refractivity contribution in [2.24, 2.45) is 5.92 Å². The average molecular weight is 267 g/mol. The van der Waals surface area contributed by atoms with Crippen LogP contribution >= 0.6 is 0 Å². The molecule has 5 heteroatoms. The summed E-state index contributed by atoms with van der Waals surface area (Å²) in [6, 6.07) is 6.12. The van der Waals surface area contributed by atoms with Gasteiger partial charge in [0, 0.05) is 13.0 Å². The summed E-state index contributed by atoms with van der Waals surface area (Å²) in [5.74, 6) is -2.24. The number of rotatable bonds is 6. The van der Waals surface area contributed by atoms with Gasteiger partial charge < -0.3 is 10.4 Å². The minimum atomic E-state index is -0.946. The summed E-state index contributed by atoms with van der Waals surface area (Å²) in [7, 11) is 0. The molecule has 0 aliphatic heterocycles. The van der Waals surface area contributed by atoms with Crippen LogP contribution < -0.4 is 5.32 Å². The molecule has 0 fully saturated rings. The van der Waals surface area contributed by atoms with E-state index >= 15 is 0 Å². The molecule has 1 rings (SSSR count). The van der Waals surface area contributed by atoms with Crippen molar-refractivity contribution in [2.45, 2.75) is 26.2 Å². The van der Waals surface area contributed by atoms with Crippen molar-refractivity contribution in [1.82, 2.24) is 5.32 Å². The van der Waals surface area contributed by atoms with Crippen LogP contribution in [-0.2, 0) is 9.59 Å². The zero-order valence-electron chi connectivity index (χ0n) is 11.0. The number of amides is 1. The van der Waals surface area contributed by atoms with Gasteiger partial charge in [0.2, 0.25) is 5.91 Å². The fourth-order valence-electron chi connectivity index (χ4n) is 1.64. The Hall–Kier alpha value is -1.91. The summed E-state index contributed by atoms with van der Waals surface area (Å²) < 4.78 is 13.0. The first-order valence-corrected chi connectivity index (χ1v) is 6.15. The van der Waals surface area contributed by atoms with Crippen molar-refractivity contribution in [1.29, 1.82) is 0 Å². The van der Waals surface area contributed by atoms with E-state index in [1.54, 1.807) is 12.1 Å². The van der Waals surface area contributed by atoms with E-state index in [9.17, 15) is 14.0 Å². The molecule has 0 unspecified atom stereocenters. The van der Waals surface area contributed by atoms with Gasteiger partial charge in [-0.05, 0) is 23.6 Å². The smallest absolute Gasteiger partial charge is 0.308 e. The van der Waals surface area contributed by atoms with Gasteiger partial charge in [-0.3, -0.25) is 9.59 Å². The number of benzene rings is 1. The van der Waals surface area contributed by atoms with Crippen LogP contribution in [0.2, 0.25) is 0 Å². The van der Waals surface area contributed by atoms with Crippen LogP contribution in [0.4, 0.5) is 4.39 Å². The minimum absolute atomic E-state index is 0.101. The molecular weight excluding hydrogens is 249 g/mol. The molecule has 0 spiro atoms. The summed E-state index contributed by atoms with van der Waals surface area (Å²) in [6.45, 7) is 3.46. The third kappa shape index (κ3) is 5.07. The largest absolute Gasteiger partial charge is 0.481 e. The normalized spacial score (nSPS) is 13.6. The van der Waals surface area contributed by atoms with Crippen molar-refractivity contribution in [2.75, 3.05) is 6.54 Å². The van der Waals surface area contributed by atoms with Crippen LogP contribution in [-0.4, -0.2) is 23.5 Å². The zero-order chi connectivity index (χ0) is 14.4. The lowest BCUT2D eigenvalue weighted by Gasteiger charge is -2.13.